The van der Waals surface area contributed by atoms with E-state index in [1.54, 1.807) is 11.3 Å². The predicted octanol–water partition coefficient (Wildman–Crippen LogP) is 5.95. The summed E-state index contributed by atoms with van der Waals surface area (Å²) in [4.78, 5) is 45.1. The number of aryl methyl sites for hydroxylation is 1. The van der Waals surface area contributed by atoms with Gasteiger partial charge < -0.3 is 10.4 Å². The quantitative estimate of drug-likeness (QED) is 0.357. The highest BCUT2D eigenvalue weighted by Gasteiger charge is 2.53. The third-order valence-electron chi connectivity index (χ3n) is 8.46. The Labute approximate surface area is 234 Å². The standard InChI is InChI=1S/C31H41FN2O4S/c1-6-19(20-7-9-21(10-8-20)27-18(2)33-17-39-27)11-12-25(36)23-15-22(35)16-24(23)26(37)28(30(3,4)5)34-29(38)31(32)13-14-31/h7-10,17,19,22-24,28,35H,6,11-16H2,1-5H3,(H,34,38)/t19-,22-,23-,24?,28?/m1/s1. The molecule has 1 amide bonds. The Balaban J connectivity index is 1.42. The van der Waals surface area contributed by atoms with Crippen molar-refractivity contribution in [3.05, 3.63) is 41.0 Å². The van der Waals surface area contributed by atoms with E-state index in [0.29, 0.717) is 12.8 Å². The van der Waals surface area contributed by atoms with Gasteiger partial charge in [-0.3, -0.25) is 14.4 Å². The van der Waals surface area contributed by atoms with Crippen molar-refractivity contribution in [2.75, 3.05) is 0 Å². The molecule has 4 rings (SSSR count). The molecule has 39 heavy (non-hydrogen) atoms. The molecule has 1 heterocycles. The minimum absolute atomic E-state index is 0.0246. The van der Waals surface area contributed by atoms with Gasteiger partial charge in [0.25, 0.3) is 5.91 Å². The predicted molar refractivity (Wildman–Crippen MR) is 151 cm³/mol. The van der Waals surface area contributed by atoms with Crippen LogP contribution in [0.15, 0.2) is 29.8 Å². The SMILES string of the molecule is CC[C@H](CCC(=O)[C@@H]1C[C@@H](O)CC1C(=O)C(NC(=O)C1(F)CC1)C(C)(C)C)c1ccc(-c2scnc2C)cc1. The van der Waals surface area contributed by atoms with Crippen LogP contribution in [0.1, 0.15) is 89.8 Å². The van der Waals surface area contributed by atoms with E-state index in [-0.39, 0.29) is 43.2 Å². The molecule has 2 aliphatic rings. The van der Waals surface area contributed by atoms with Crippen LogP contribution in [0.25, 0.3) is 10.4 Å². The maximum Gasteiger partial charge on any atom is 0.258 e. The number of alkyl halides is 1. The van der Waals surface area contributed by atoms with Gasteiger partial charge in [0.15, 0.2) is 11.5 Å². The number of benzene rings is 1. The number of rotatable bonds is 11. The first-order valence-electron chi connectivity index (χ1n) is 14.1. The average molecular weight is 557 g/mol. The molecular weight excluding hydrogens is 515 g/mol. The smallest absolute Gasteiger partial charge is 0.258 e. The number of thiazole rings is 1. The third kappa shape index (κ3) is 6.65. The molecule has 2 aliphatic carbocycles. The van der Waals surface area contributed by atoms with E-state index in [0.717, 1.165) is 22.6 Å². The summed E-state index contributed by atoms with van der Waals surface area (Å²) in [5, 5.41) is 13.1. The summed E-state index contributed by atoms with van der Waals surface area (Å²) in [6, 6.07) is 7.52. The number of halogens is 1. The monoisotopic (exact) mass is 556 g/mol. The van der Waals surface area contributed by atoms with Crippen molar-refractivity contribution < 1.29 is 23.9 Å². The van der Waals surface area contributed by atoms with Crippen molar-refractivity contribution in [2.45, 2.75) is 103 Å². The summed E-state index contributed by atoms with van der Waals surface area (Å²) in [6.07, 6.45) is 1.87. The molecule has 2 unspecified atom stereocenters. The molecule has 6 nitrogen and oxygen atoms in total. The Hall–Kier alpha value is -2.45. The van der Waals surface area contributed by atoms with Crippen LogP contribution in [0.3, 0.4) is 0 Å². The van der Waals surface area contributed by atoms with Crippen LogP contribution in [0.4, 0.5) is 4.39 Å². The number of amides is 1. The number of ketones is 2. The fourth-order valence-electron chi connectivity index (χ4n) is 5.80. The van der Waals surface area contributed by atoms with Crippen molar-refractivity contribution >= 4 is 28.8 Å². The molecule has 0 saturated heterocycles. The van der Waals surface area contributed by atoms with Gasteiger partial charge in [-0.2, -0.15) is 0 Å². The van der Waals surface area contributed by atoms with Crippen LogP contribution < -0.4 is 5.32 Å². The normalized spacial score (nSPS) is 23.7. The molecule has 0 radical (unpaired) electrons. The topological polar surface area (TPSA) is 96.4 Å². The molecule has 1 aromatic heterocycles. The highest BCUT2D eigenvalue weighted by Crippen LogP contribution is 2.42. The van der Waals surface area contributed by atoms with Crippen molar-refractivity contribution in [1.29, 1.82) is 0 Å². The molecule has 2 saturated carbocycles. The number of aromatic nitrogens is 1. The van der Waals surface area contributed by atoms with Gasteiger partial charge in [0, 0.05) is 18.3 Å². The second kappa shape index (κ2) is 11.6. The van der Waals surface area contributed by atoms with E-state index >= 15 is 0 Å². The van der Waals surface area contributed by atoms with Crippen LogP contribution in [0.5, 0.6) is 0 Å². The van der Waals surface area contributed by atoms with Crippen LogP contribution in [0.2, 0.25) is 0 Å². The number of Topliss-reactive ketones (excluding diaryl/α,β-unsaturated/α-hetero) is 2. The van der Waals surface area contributed by atoms with Gasteiger partial charge in [-0.1, -0.05) is 52.0 Å². The summed E-state index contributed by atoms with van der Waals surface area (Å²) < 4.78 is 14.4. The first-order valence-corrected chi connectivity index (χ1v) is 15.0. The molecule has 0 aliphatic heterocycles. The number of nitrogens with one attached hydrogen (secondary N) is 1. The van der Waals surface area contributed by atoms with Gasteiger partial charge in [0.1, 0.15) is 5.78 Å². The van der Waals surface area contributed by atoms with E-state index in [9.17, 15) is 23.9 Å². The number of carbonyl (C=O) groups is 3. The Morgan fingerprint density at radius 2 is 1.79 bits per heavy atom. The summed E-state index contributed by atoms with van der Waals surface area (Å²) in [7, 11) is 0. The summed E-state index contributed by atoms with van der Waals surface area (Å²) in [5.41, 5.74) is 2.62. The van der Waals surface area contributed by atoms with Gasteiger partial charge in [-0.25, -0.2) is 9.37 Å². The molecule has 5 atom stereocenters. The Bertz CT molecular complexity index is 1200. The Morgan fingerprint density at radius 3 is 2.33 bits per heavy atom. The minimum atomic E-state index is -1.89. The van der Waals surface area contributed by atoms with Gasteiger partial charge in [0.05, 0.1) is 28.2 Å². The first-order chi connectivity index (χ1) is 18.3. The van der Waals surface area contributed by atoms with E-state index in [2.05, 4.69) is 41.5 Å². The molecule has 0 spiro atoms. The fraction of sp³-hybridized carbons (Fsp3) is 0.613. The lowest BCUT2D eigenvalue weighted by molar-refractivity contribution is -0.138. The largest absolute Gasteiger partial charge is 0.393 e. The molecule has 212 valence electrons. The minimum Gasteiger partial charge on any atom is -0.393 e. The summed E-state index contributed by atoms with van der Waals surface area (Å²) in [5.74, 6) is -2.14. The highest BCUT2D eigenvalue weighted by atomic mass is 32.1. The fourth-order valence-corrected chi connectivity index (χ4v) is 6.61. The number of nitrogens with zero attached hydrogens (tertiary/aromatic N) is 1. The summed E-state index contributed by atoms with van der Waals surface area (Å²) in [6.45, 7) is 9.58. The number of carbonyl (C=O) groups excluding carboxylic acids is 3. The highest BCUT2D eigenvalue weighted by molar-refractivity contribution is 7.13. The second-order valence-electron chi connectivity index (χ2n) is 12.5. The Kier molecular flexibility index (Phi) is 8.76. The van der Waals surface area contributed by atoms with Gasteiger partial charge >= 0.3 is 0 Å². The van der Waals surface area contributed by atoms with Crippen LogP contribution in [0, 0.1) is 24.2 Å². The maximum atomic E-state index is 14.4. The lowest BCUT2D eigenvalue weighted by Crippen LogP contribution is -2.54. The third-order valence-corrected chi connectivity index (χ3v) is 9.44. The number of hydrogen-bond donors (Lipinski definition) is 2. The number of hydrogen-bond acceptors (Lipinski definition) is 6. The molecule has 2 fully saturated rings. The van der Waals surface area contributed by atoms with Crippen molar-refractivity contribution in [2.24, 2.45) is 17.3 Å². The number of aliphatic hydroxyl groups excluding tert-OH is 1. The maximum absolute atomic E-state index is 14.4. The van der Waals surface area contributed by atoms with E-state index < -0.39 is 41.0 Å². The second-order valence-corrected chi connectivity index (χ2v) is 13.3. The number of aliphatic hydroxyl groups is 1. The lowest BCUT2D eigenvalue weighted by atomic mass is 9.76. The van der Waals surface area contributed by atoms with Gasteiger partial charge in [-0.05, 0) is 67.9 Å². The lowest BCUT2D eigenvalue weighted by Gasteiger charge is -2.33. The van der Waals surface area contributed by atoms with Crippen molar-refractivity contribution in [3.8, 4) is 10.4 Å². The molecule has 0 bridgehead atoms. The molecule has 1 aromatic carbocycles. The van der Waals surface area contributed by atoms with Crippen molar-refractivity contribution in [1.82, 2.24) is 10.3 Å². The van der Waals surface area contributed by atoms with Crippen LogP contribution >= 0.6 is 11.3 Å². The summed E-state index contributed by atoms with van der Waals surface area (Å²) >= 11 is 1.62. The van der Waals surface area contributed by atoms with Gasteiger partial charge in [0.2, 0.25) is 0 Å². The molecular formula is C31H41FN2O4S. The van der Waals surface area contributed by atoms with E-state index in [4.69, 9.17) is 0 Å². The van der Waals surface area contributed by atoms with Crippen molar-refractivity contribution in [3.63, 3.8) is 0 Å². The Morgan fingerprint density at radius 1 is 1.15 bits per heavy atom. The van der Waals surface area contributed by atoms with E-state index in [1.165, 1.54) is 5.56 Å². The average Bonchev–Trinajstić information content (AvgIpc) is 3.30. The van der Waals surface area contributed by atoms with Gasteiger partial charge in [-0.15, -0.1) is 11.3 Å². The zero-order valence-electron chi connectivity index (χ0n) is 23.6. The molecule has 2 aromatic rings. The zero-order chi connectivity index (χ0) is 28.5. The van der Waals surface area contributed by atoms with E-state index in [1.807, 2.05) is 33.2 Å². The molecule has 2 N–H and O–H groups in total. The molecule has 8 heteroatoms. The zero-order valence-corrected chi connectivity index (χ0v) is 24.4. The first kappa shape index (κ1) is 29.5. The van der Waals surface area contributed by atoms with Crippen LogP contribution in [-0.4, -0.2) is 45.4 Å². The van der Waals surface area contributed by atoms with Crippen LogP contribution in [-0.2, 0) is 14.4 Å².